The van der Waals surface area contributed by atoms with Gasteiger partial charge in [-0.05, 0) is 30.9 Å². The molecule has 0 spiro atoms. The maximum atomic E-state index is 12.6. The molecule has 0 aromatic heterocycles. The van der Waals surface area contributed by atoms with Gasteiger partial charge in [-0.3, -0.25) is 4.79 Å². The molecular weight excluding hydrogens is 268 g/mol. The fraction of sp³-hybridized carbons (Fsp3) is 0.462. The Bertz CT molecular complexity index is 574. The molecule has 1 fully saturated rings. The summed E-state index contributed by atoms with van der Waals surface area (Å²) in [5.41, 5.74) is 0. The molecule has 0 N–H and O–H groups in total. The number of methoxy groups -OCH3 is 2. The highest BCUT2D eigenvalue weighted by molar-refractivity contribution is 7.93. The molecule has 0 radical (unpaired) electrons. The maximum Gasteiger partial charge on any atom is 0.324 e. The molecule has 1 aliphatic rings. The molecule has 1 aliphatic carbocycles. The summed E-state index contributed by atoms with van der Waals surface area (Å²) in [6, 6.07) is 6.30. The molecule has 1 aromatic rings. The van der Waals surface area contributed by atoms with Crippen LogP contribution in [0.25, 0.3) is 0 Å². The first-order valence-electron chi connectivity index (χ1n) is 5.97. The van der Waals surface area contributed by atoms with Crippen molar-refractivity contribution < 1.29 is 22.7 Å². The van der Waals surface area contributed by atoms with Crippen LogP contribution in [0, 0.1) is 5.92 Å². The van der Waals surface area contributed by atoms with Crippen molar-refractivity contribution in [3.63, 3.8) is 0 Å². The van der Waals surface area contributed by atoms with E-state index in [2.05, 4.69) is 4.74 Å². The summed E-state index contributed by atoms with van der Waals surface area (Å²) in [5.74, 6) is -0.604. The van der Waals surface area contributed by atoms with Crippen LogP contribution < -0.4 is 4.74 Å². The number of benzene rings is 1. The van der Waals surface area contributed by atoms with Gasteiger partial charge in [0.1, 0.15) is 10.6 Å². The van der Waals surface area contributed by atoms with E-state index in [4.69, 9.17) is 4.74 Å². The summed E-state index contributed by atoms with van der Waals surface area (Å²) in [5, 5.41) is -1.13. The lowest BCUT2D eigenvalue weighted by molar-refractivity contribution is -0.140. The highest BCUT2D eigenvalue weighted by Crippen LogP contribution is 2.40. The van der Waals surface area contributed by atoms with E-state index in [1.54, 1.807) is 18.2 Å². The van der Waals surface area contributed by atoms with Crippen LogP contribution in [0.15, 0.2) is 29.2 Å². The summed E-state index contributed by atoms with van der Waals surface area (Å²) >= 11 is 0. The Hall–Kier alpha value is -1.56. The smallest absolute Gasteiger partial charge is 0.324 e. The van der Waals surface area contributed by atoms with Gasteiger partial charge in [-0.25, -0.2) is 8.42 Å². The van der Waals surface area contributed by atoms with E-state index >= 15 is 0 Å². The van der Waals surface area contributed by atoms with E-state index < -0.39 is 21.1 Å². The highest BCUT2D eigenvalue weighted by atomic mass is 32.2. The Morgan fingerprint density at radius 3 is 2.42 bits per heavy atom. The van der Waals surface area contributed by atoms with Gasteiger partial charge in [-0.1, -0.05) is 12.1 Å². The van der Waals surface area contributed by atoms with Crippen molar-refractivity contribution in [1.29, 1.82) is 0 Å². The normalized spacial score (nSPS) is 16.7. The molecule has 0 heterocycles. The molecule has 19 heavy (non-hydrogen) atoms. The van der Waals surface area contributed by atoms with E-state index in [-0.39, 0.29) is 16.6 Å². The summed E-state index contributed by atoms with van der Waals surface area (Å²) in [7, 11) is -1.19. The first-order valence-corrected chi connectivity index (χ1v) is 7.51. The number of para-hydroxylation sites is 1. The Morgan fingerprint density at radius 2 is 1.89 bits per heavy atom. The molecule has 1 unspecified atom stereocenters. The zero-order valence-electron chi connectivity index (χ0n) is 10.8. The largest absolute Gasteiger partial charge is 0.495 e. The molecule has 104 valence electrons. The number of sulfone groups is 1. The zero-order valence-corrected chi connectivity index (χ0v) is 11.6. The summed E-state index contributed by atoms with van der Waals surface area (Å²) in [6.45, 7) is 0. The molecule has 0 saturated heterocycles. The number of rotatable bonds is 5. The first-order chi connectivity index (χ1) is 9.02. The van der Waals surface area contributed by atoms with Crippen LogP contribution in [0.3, 0.4) is 0 Å². The number of hydrogen-bond acceptors (Lipinski definition) is 5. The molecule has 6 heteroatoms. The van der Waals surface area contributed by atoms with Gasteiger partial charge in [0.2, 0.25) is 0 Å². The predicted octanol–water partition coefficient (Wildman–Crippen LogP) is 1.42. The Labute approximate surface area is 112 Å². The van der Waals surface area contributed by atoms with Gasteiger partial charge in [0.15, 0.2) is 15.1 Å². The number of ether oxygens (including phenoxy) is 2. The SMILES string of the molecule is COC(=O)C(C1CC1)S(=O)(=O)c1ccccc1OC. The fourth-order valence-electron chi connectivity index (χ4n) is 2.08. The molecule has 1 saturated carbocycles. The minimum absolute atomic E-state index is 0.0415. The van der Waals surface area contributed by atoms with Crippen molar-refractivity contribution in [3.05, 3.63) is 24.3 Å². The lowest BCUT2D eigenvalue weighted by atomic mass is 10.3. The third-order valence-corrected chi connectivity index (χ3v) is 5.39. The summed E-state index contributed by atoms with van der Waals surface area (Å²) in [4.78, 5) is 11.8. The van der Waals surface area contributed by atoms with Crippen LogP contribution in [0.5, 0.6) is 5.75 Å². The predicted molar refractivity (Wildman–Crippen MR) is 68.7 cm³/mol. The zero-order chi connectivity index (χ0) is 14.0. The standard InChI is InChI=1S/C13H16O5S/c1-17-10-5-3-4-6-11(10)19(15,16)12(9-7-8-9)13(14)18-2/h3-6,9,12H,7-8H2,1-2H3. The van der Waals surface area contributed by atoms with Crippen LogP contribution in [-0.4, -0.2) is 33.9 Å². The molecule has 0 bridgehead atoms. The van der Waals surface area contributed by atoms with E-state index in [0.29, 0.717) is 0 Å². The van der Waals surface area contributed by atoms with E-state index in [9.17, 15) is 13.2 Å². The van der Waals surface area contributed by atoms with Crippen molar-refractivity contribution in [2.45, 2.75) is 23.0 Å². The van der Waals surface area contributed by atoms with Gasteiger partial charge in [-0.2, -0.15) is 0 Å². The molecule has 0 aliphatic heterocycles. The Balaban J connectivity index is 2.48. The number of carbonyl (C=O) groups excluding carboxylic acids is 1. The van der Waals surface area contributed by atoms with Gasteiger partial charge in [0.25, 0.3) is 0 Å². The lowest BCUT2D eigenvalue weighted by Gasteiger charge is -2.16. The molecule has 2 rings (SSSR count). The van der Waals surface area contributed by atoms with Crippen molar-refractivity contribution in [1.82, 2.24) is 0 Å². The molecule has 1 atom stereocenters. The van der Waals surface area contributed by atoms with Crippen molar-refractivity contribution in [2.24, 2.45) is 5.92 Å². The minimum Gasteiger partial charge on any atom is -0.495 e. The highest BCUT2D eigenvalue weighted by Gasteiger charge is 2.47. The van der Waals surface area contributed by atoms with Crippen molar-refractivity contribution in [2.75, 3.05) is 14.2 Å². The second-order valence-corrected chi connectivity index (χ2v) is 6.51. The van der Waals surface area contributed by atoms with Crippen LogP contribution in [0.2, 0.25) is 0 Å². The average molecular weight is 284 g/mol. The average Bonchev–Trinajstić information content (AvgIpc) is 3.22. The minimum atomic E-state index is -3.79. The third kappa shape index (κ3) is 2.58. The first kappa shape index (κ1) is 13.9. The molecule has 5 nitrogen and oxygen atoms in total. The monoisotopic (exact) mass is 284 g/mol. The fourth-order valence-corrected chi connectivity index (χ4v) is 4.18. The van der Waals surface area contributed by atoms with Crippen molar-refractivity contribution in [3.8, 4) is 5.75 Å². The van der Waals surface area contributed by atoms with Crippen LogP contribution in [0.4, 0.5) is 0 Å². The molecule has 1 aromatic carbocycles. The molecule has 0 amide bonds. The second kappa shape index (κ2) is 5.21. The Morgan fingerprint density at radius 1 is 1.26 bits per heavy atom. The van der Waals surface area contributed by atoms with Crippen LogP contribution >= 0.6 is 0 Å². The summed E-state index contributed by atoms with van der Waals surface area (Å²) < 4.78 is 34.9. The summed E-state index contributed by atoms with van der Waals surface area (Å²) in [6.07, 6.45) is 1.46. The third-order valence-electron chi connectivity index (χ3n) is 3.19. The van der Waals surface area contributed by atoms with Gasteiger partial charge < -0.3 is 9.47 Å². The van der Waals surface area contributed by atoms with Gasteiger partial charge in [0.05, 0.1) is 14.2 Å². The maximum absolute atomic E-state index is 12.6. The second-order valence-electron chi connectivity index (χ2n) is 4.48. The Kier molecular flexibility index (Phi) is 3.80. The molecular formula is C13H16O5S. The quantitative estimate of drug-likeness (QED) is 0.765. The number of carbonyl (C=O) groups is 1. The number of hydrogen-bond donors (Lipinski definition) is 0. The topological polar surface area (TPSA) is 69.7 Å². The van der Waals surface area contributed by atoms with Gasteiger partial charge in [-0.15, -0.1) is 0 Å². The van der Waals surface area contributed by atoms with Crippen LogP contribution in [0.1, 0.15) is 12.8 Å². The van der Waals surface area contributed by atoms with Gasteiger partial charge >= 0.3 is 5.97 Å². The van der Waals surface area contributed by atoms with Crippen molar-refractivity contribution >= 4 is 15.8 Å². The van der Waals surface area contributed by atoms with E-state index in [0.717, 1.165) is 12.8 Å². The number of esters is 1. The van der Waals surface area contributed by atoms with Crippen LogP contribution in [-0.2, 0) is 19.4 Å². The lowest BCUT2D eigenvalue weighted by Crippen LogP contribution is -2.33. The van der Waals surface area contributed by atoms with E-state index in [1.165, 1.54) is 20.3 Å². The van der Waals surface area contributed by atoms with E-state index in [1.807, 2.05) is 0 Å². The van der Waals surface area contributed by atoms with Gasteiger partial charge in [0, 0.05) is 0 Å².